The molecule has 3 aromatic rings. The molecular weight excluding hydrogens is 328 g/mol. The number of hydrogen-bond donors (Lipinski definition) is 1. The molecule has 1 aliphatic rings. The predicted octanol–water partition coefficient (Wildman–Crippen LogP) is 4.65. The van der Waals surface area contributed by atoms with Gasteiger partial charge >= 0.3 is 0 Å². The van der Waals surface area contributed by atoms with Gasteiger partial charge in [-0.15, -0.1) is 12.6 Å². The zero-order valence-corrected chi connectivity index (χ0v) is 14.8. The number of carbonyl (C=O) groups excluding carboxylic acids is 1. The summed E-state index contributed by atoms with van der Waals surface area (Å²) < 4.78 is 1.87. The van der Waals surface area contributed by atoms with E-state index in [1.165, 1.54) is 5.56 Å². The number of fused-ring (bicyclic) bond motifs is 1. The summed E-state index contributed by atoms with van der Waals surface area (Å²) in [5.41, 5.74) is 5.59. The molecule has 0 fully saturated rings. The number of carbonyl (C=O) groups is 1. The number of nitrogens with zero attached hydrogens (tertiary/aromatic N) is 2. The third kappa shape index (κ3) is 2.83. The monoisotopic (exact) mass is 346 g/mol. The lowest BCUT2D eigenvalue weighted by Gasteiger charge is -2.18. The van der Waals surface area contributed by atoms with E-state index in [2.05, 4.69) is 17.7 Å². The quantitative estimate of drug-likeness (QED) is 0.541. The molecule has 0 unspecified atom stereocenters. The number of benzene rings is 2. The van der Waals surface area contributed by atoms with Gasteiger partial charge in [-0.1, -0.05) is 48.0 Å². The Kier molecular flexibility index (Phi) is 4.06. The van der Waals surface area contributed by atoms with Gasteiger partial charge in [0, 0.05) is 10.5 Å². The molecule has 4 rings (SSSR count). The molecule has 1 heterocycles. The molecule has 4 heteroatoms. The summed E-state index contributed by atoms with van der Waals surface area (Å²) in [5.74, 6) is 0.0361. The van der Waals surface area contributed by atoms with Crippen LogP contribution >= 0.6 is 12.6 Å². The number of hydrogen-bond acceptors (Lipinski definition) is 3. The molecule has 0 amide bonds. The van der Waals surface area contributed by atoms with E-state index in [1.807, 2.05) is 66.2 Å². The van der Waals surface area contributed by atoms with Crippen LogP contribution in [0.5, 0.6) is 0 Å². The van der Waals surface area contributed by atoms with Gasteiger partial charge in [0.05, 0.1) is 23.1 Å². The molecular formula is C21H18N2OS. The lowest BCUT2D eigenvalue weighted by Crippen LogP contribution is -2.16. The highest BCUT2D eigenvalue weighted by Crippen LogP contribution is 2.33. The van der Waals surface area contributed by atoms with Crippen LogP contribution < -0.4 is 0 Å². The first-order valence-corrected chi connectivity index (χ1v) is 8.76. The average molecular weight is 346 g/mol. The maximum atomic E-state index is 13.0. The minimum Gasteiger partial charge on any atom is -0.289 e. The van der Waals surface area contributed by atoms with Crippen molar-refractivity contribution in [1.82, 2.24) is 9.78 Å². The Morgan fingerprint density at radius 3 is 2.48 bits per heavy atom. The van der Waals surface area contributed by atoms with E-state index in [-0.39, 0.29) is 5.78 Å². The van der Waals surface area contributed by atoms with E-state index in [1.54, 1.807) is 6.20 Å². The minimum atomic E-state index is 0.0361. The van der Waals surface area contributed by atoms with E-state index in [4.69, 9.17) is 0 Å². The molecule has 1 aliphatic carbocycles. The summed E-state index contributed by atoms with van der Waals surface area (Å²) in [6.07, 6.45) is 3.14. The van der Waals surface area contributed by atoms with Crippen LogP contribution in [0.2, 0.25) is 0 Å². The molecule has 0 spiro atoms. The molecule has 0 saturated heterocycles. The maximum Gasteiger partial charge on any atom is 0.193 e. The number of aromatic nitrogens is 2. The average Bonchev–Trinajstić information content (AvgIpc) is 3.08. The number of thiol groups is 1. The van der Waals surface area contributed by atoms with E-state index < -0.39 is 0 Å². The minimum absolute atomic E-state index is 0.0361. The first kappa shape index (κ1) is 15.9. The smallest absolute Gasteiger partial charge is 0.193 e. The second-order valence-electron chi connectivity index (χ2n) is 6.27. The van der Waals surface area contributed by atoms with E-state index in [9.17, 15) is 4.79 Å². The van der Waals surface area contributed by atoms with Gasteiger partial charge in [-0.2, -0.15) is 5.10 Å². The van der Waals surface area contributed by atoms with Crippen LogP contribution in [-0.4, -0.2) is 15.6 Å². The number of Topliss-reactive ketones (excluding diaryl/α,β-unsaturated/α-hetero) is 1. The Morgan fingerprint density at radius 2 is 1.76 bits per heavy atom. The van der Waals surface area contributed by atoms with Crippen molar-refractivity contribution in [3.8, 4) is 5.69 Å². The van der Waals surface area contributed by atoms with Crippen LogP contribution in [0.4, 0.5) is 0 Å². The molecule has 0 radical (unpaired) electrons. The summed E-state index contributed by atoms with van der Waals surface area (Å²) >= 11 is 4.66. The van der Waals surface area contributed by atoms with Gasteiger partial charge < -0.3 is 0 Å². The largest absolute Gasteiger partial charge is 0.289 e. The van der Waals surface area contributed by atoms with Crippen LogP contribution in [0.1, 0.15) is 33.6 Å². The summed E-state index contributed by atoms with van der Waals surface area (Å²) in [5, 5.41) is 4.44. The fourth-order valence-electron chi connectivity index (χ4n) is 3.23. The first-order chi connectivity index (χ1) is 12.1. The van der Waals surface area contributed by atoms with Gasteiger partial charge in [0.25, 0.3) is 0 Å². The molecule has 3 nitrogen and oxygen atoms in total. The van der Waals surface area contributed by atoms with Crippen LogP contribution in [0, 0.1) is 6.92 Å². The fraction of sp³-hybridized carbons (Fsp3) is 0.143. The van der Waals surface area contributed by atoms with Crippen LogP contribution in [-0.2, 0) is 6.42 Å². The third-order valence-electron chi connectivity index (χ3n) is 4.61. The second-order valence-corrected chi connectivity index (χ2v) is 6.72. The number of para-hydroxylation sites is 1. The van der Waals surface area contributed by atoms with Gasteiger partial charge in [0.15, 0.2) is 5.78 Å². The van der Waals surface area contributed by atoms with Crippen LogP contribution in [0.25, 0.3) is 10.6 Å². The topological polar surface area (TPSA) is 34.9 Å². The van der Waals surface area contributed by atoms with Gasteiger partial charge in [-0.25, -0.2) is 4.68 Å². The van der Waals surface area contributed by atoms with Crippen molar-refractivity contribution in [2.45, 2.75) is 19.8 Å². The highest BCUT2D eigenvalue weighted by molar-refractivity contribution is 7.90. The molecule has 0 aliphatic heterocycles. The molecule has 25 heavy (non-hydrogen) atoms. The number of aryl methyl sites for hydroxylation is 1. The standard InChI is InChI=1S/C21H18N2OS/c1-14-7-9-15(10-8-14)21(25)17-11-12-19-18(20(17)24)13-22-23(19)16-5-3-2-4-6-16/h2-10,13,25H,11-12H2,1H3. The maximum absolute atomic E-state index is 13.0. The Bertz CT molecular complexity index is 969. The lowest BCUT2D eigenvalue weighted by molar-refractivity contribution is 0.102. The Hall–Kier alpha value is -2.59. The fourth-order valence-corrected chi connectivity index (χ4v) is 3.59. The van der Waals surface area contributed by atoms with Crippen LogP contribution in [0.3, 0.4) is 0 Å². The van der Waals surface area contributed by atoms with Crippen molar-refractivity contribution < 1.29 is 4.79 Å². The highest BCUT2D eigenvalue weighted by atomic mass is 32.1. The number of ketones is 1. The first-order valence-electron chi connectivity index (χ1n) is 8.31. The van der Waals surface area contributed by atoms with Gasteiger partial charge in [-0.3, -0.25) is 4.79 Å². The zero-order valence-electron chi connectivity index (χ0n) is 13.9. The van der Waals surface area contributed by atoms with Crippen molar-refractivity contribution in [1.29, 1.82) is 0 Å². The molecule has 0 saturated carbocycles. The molecule has 0 atom stereocenters. The summed E-state index contributed by atoms with van der Waals surface area (Å²) in [6, 6.07) is 18.0. The predicted molar refractivity (Wildman–Crippen MR) is 103 cm³/mol. The van der Waals surface area contributed by atoms with Crippen molar-refractivity contribution in [3.05, 3.63) is 88.8 Å². The van der Waals surface area contributed by atoms with Gasteiger partial charge in [0.1, 0.15) is 0 Å². The van der Waals surface area contributed by atoms with Gasteiger partial charge in [-0.05, 0) is 37.5 Å². The number of rotatable bonds is 2. The Morgan fingerprint density at radius 1 is 1.04 bits per heavy atom. The Labute approximate surface area is 152 Å². The lowest BCUT2D eigenvalue weighted by atomic mass is 9.90. The van der Waals surface area contributed by atoms with E-state index >= 15 is 0 Å². The van der Waals surface area contributed by atoms with Crippen molar-refractivity contribution in [2.75, 3.05) is 0 Å². The van der Waals surface area contributed by atoms with E-state index in [0.29, 0.717) is 12.0 Å². The third-order valence-corrected chi connectivity index (χ3v) is 5.14. The van der Waals surface area contributed by atoms with Crippen molar-refractivity contribution in [2.24, 2.45) is 0 Å². The molecule has 0 N–H and O–H groups in total. The molecule has 0 bridgehead atoms. The molecule has 2 aromatic carbocycles. The normalized spacial score (nSPS) is 15.8. The summed E-state index contributed by atoms with van der Waals surface area (Å²) in [7, 11) is 0. The second kappa shape index (κ2) is 6.37. The summed E-state index contributed by atoms with van der Waals surface area (Å²) in [6.45, 7) is 2.05. The van der Waals surface area contributed by atoms with Crippen LogP contribution in [0.15, 0.2) is 66.4 Å². The molecule has 1 aromatic heterocycles. The van der Waals surface area contributed by atoms with Crippen molar-refractivity contribution in [3.63, 3.8) is 0 Å². The van der Waals surface area contributed by atoms with Crippen molar-refractivity contribution >= 4 is 23.3 Å². The number of allylic oxidation sites excluding steroid dienone is 1. The van der Waals surface area contributed by atoms with Gasteiger partial charge in [0.2, 0.25) is 0 Å². The highest BCUT2D eigenvalue weighted by Gasteiger charge is 2.28. The zero-order chi connectivity index (χ0) is 17.4. The SMILES string of the molecule is Cc1ccc(C(S)=C2CCc3c(cnn3-c3ccccc3)C2=O)cc1. The Balaban J connectivity index is 1.74. The van der Waals surface area contributed by atoms with E-state index in [0.717, 1.165) is 33.8 Å². The summed E-state index contributed by atoms with van der Waals surface area (Å²) in [4.78, 5) is 13.7. The molecule has 124 valence electrons.